The molecule has 1 fully saturated rings. The van der Waals surface area contributed by atoms with Gasteiger partial charge >= 0.3 is 0 Å². The highest BCUT2D eigenvalue weighted by atomic mass is 16.5. The molecule has 0 aromatic heterocycles. The zero-order valence-corrected chi connectivity index (χ0v) is 9.76. The molecule has 1 aliphatic heterocycles. The van der Waals surface area contributed by atoms with E-state index < -0.39 is 0 Å². The maximum atomic E-state index is 5.48. The van der Waals surface area contributed by atoms with Crippen molar-refractivity contribution in [1.29, 1.82) is 0 Å². The summed E-state index contributed by atoms with van der Waals surface area (Å²) in [6.45, 7) is 6.57. The Kier molecular flexibility index (Phi) is 2.96. The van der Waals surface area contributed by atoms with Gasteiger partial charge in [-0.3, -0.25) is 0 Å². The lowest BCUT2D eigenvalue weighted by atomic mass is 9.92. The Balaban J connectivity index is 2.25. The van der Waals surface area contributed by atoms with Crippen molar-refractivity contribution in [3.63, 3.8) is 0 Å². The van der Waals surface area contributed by atoms with Crippen molar-refractivity contribution in [1.82, 2.24) is 5.32 Å². The van der Waals surface area contributed by atoms with E-state index in [9.17, 15) is 0 Å². The summed E-state index contributed by atoms with van der Waals surface area (Å²) < 4.78 is 5.48. The van der Waals surface area contributed by atoms with Crippen LogP contribution < -0.4 is 10.1 Å². The van der Waals surface area contributed by atoms with Gasteiger partial charge < -0.3 is 10.1 Å². The average Bonchev–Trinajstić information content (AvgIpc) is 2.10. The fourth-order valence-corrected chi connectivity index (χ4v) is 2.29. The minimum absolute atomic E-state index is 0.792. The van der Waals surface area contributed by atoms with Crippen LogP contribution in [0.15, 0.2) is 12.1 Å². The molecule has 2 heteroatoms. The fraction of sp³-hybridized carbons (Fsp3) is 0.538. The highest BCUT2D eigenvalue weighted by molar-refractivity contribution is 5.44. The van der Waals surface area contributed by atoms with Crippen LogP contribution in [0.5, 0.6) is 5.75 Å². The van der Waals surface area contributed by atoms with E-state index in [2.05, 4.69) is 31.3 Å². The summed E-state index contributed by atoms with van der Waals surface area (Å²) in [4.78, 5) is 0. The van der Waals surface area contributed by atoms with Gasteiger partial charge in [0.25, 0.3) is 0 Å². The Morgan fingerprint density at radius 1 is 1.33 bits per heavy atom. The van der Waals surface area contributed by atoms with Gasteiger partial charge in [0.15, 0.2) is 0 Å². The van der Waals surface area contributed by atoms with Crippen LogP contribution in [0.1, 0.15) is 16.7 Å². The number of aryl methyl sites for hydroxylation is 2. The molecule has 82 valence electrons. The van der Waals surface area contributed by atoms with Crippen LogP contribution in [0.2, 0.25) is 0 Å². The molecule has 1 aliphatic rings. The monoisotopic (exact) mass is 205 g/mol. The number of nitrogens with one attached hydrogen (secondary N) is 1. The van der Waals surface area contributed by atoms with Gasteiger partial charge in [-0.15, -0.1) is 0 Å². The molecule has 0 atom stereocenters. The van der Waals surface area contributed by atoms with Gasteiger partial charge in [0.1, 0.15) is 5.75 Å². The van der Waals surface area contributed by atoms with E-state index in [0.29, 0.717) is 0 Å². The van der Waals surface area contributed by atoms with Crippen LogP contribution in [0.3, 0.4) is 0 Å². The summed E-state index contributed by atoms with van der Waals surface area (Å²) in [5.74, 6) is 1.87. The Morgan fingerprint density at radius 3 is 2.60 bits per heavy atom. The van der Waals surface area contributed by atoms with Crippen molar-refractivity contribution in [2.75, 3.05) is 20.2 Å². The molecule has 1 saturated heterocycles. The summed E-state index contributed by atoms with van der Waals surface area (Å²) in [5.41, 5.74) is 3.94. The molecule has 2 rings (SSSR count). The first-order valence-electron chi connectivity index (χ1n) is 5.55. The van der Waals surface area contributed by atoms with Gasteiger partial charge in [-0.2, -0.15) is 0 Å². The first kappa shape index (κ1) is 10.5. The first-order chi connectivity index (χ1) is 7.20. The van der Waals surface area contributed by atoms with E-state index in [1.165, 1.54) is 16.7 Å². The van der Waals surface area contributed by atoms with Crippen molar-refractivity contribution < 1.29 is 4.74 Å². The largest absolute Gasteiger partial charge is 0.496 e. The maximum Gasteiger partial charge on any atom is 0.124 e. The molecule has 0 bridgehead atoms. The third-order valence-electron chi connectivity index (χ3n) is 3.07. The second-order valence-electron chi connectivity index (χ2n) is 4.50. The van der Waals surface area contributed by atoms with Gasteiger partial charge in [-0.25, -0.2) is 0 Å². The second kappa shape index (κ2) is 4.23. The molecule has 1 aromatic carbocycles. The lowest BCUT2D eigenvalue weighted by Crippen LogP contribution is -2.43. The summed E-state index contributed by atoms with van der Waals surface area (Å²) in [7, 11) is 1.76. The topological polar surface area (TPSA) is 21.3 Å². The molecule has 0 spiro atoms. The number of ether oxygens (including phenoxy) is 1. The van der Waals surface area contributed by atoms with Crippen molar-refractivity contribution in [2.45, 2.75) is 20.3 Å². The number of benzene rings is 1. The lowest BCUT2D eigenvalue weighted by molar-refractivity contribution is 0.338. The Bertz CT molecular complexity index is 356. The maximum absolute atomic E-state index is 5.48. The number of hydrogen-bond donors (Lipinski definition) is 1. The van der Waals surface area contributed by atoms with Crippen molar-refractivity contribution in [2.24, 2.45) is 5.92 Å². The zero-order valence-electron chi connectivity index (χ0n) is 9.76. The molecule has 0 saturated carbocycles. The summed E-state index contributed by atoms with van der Waals surface area (Å²) in [6, 6.07) is 4.44. The molecule has 2 nitrogen and oxygen atoms in total. The van der Waals surface area contributed by atoms with Crippen LogP contribution in [-0.2, 0) is 6.42 Å². The molecule has 0 radical (unpaired) electrons. The zero-order chi connectivity index (χ0) is 10.8. The quantitative estimate of drug-likeness (QED) is 0.815. The van der Waals surface area contributed by atoms with E-state index in [4.69, 9.17) is 4.74 Å². The molecule has 1 aromatic rings. The van der Waals surface area contributed by atoms with Crippen molar-refractivity contribution in [3.8, 4) is 5.75 Å². The minimum atomic E-state index is 0.792. The van der Waals surface area contributed by atoms with E-state index in [0.717, 1.165) is 31.2 Å². The van der Waals surface area contributed by atoms with Crippen molar-refractivity contribution >= 4 is 0 Å². The Hall–Kier alpha value is -1.02. The number of hydrogen-bond acceptors (Lipinski definition) is 2. The van der Waals surface area contributed by atoms with E-state index >= 15 is 0 Å². The van der Waals surface area contributed by atoms with Gasteiger partial charge in [0.05, 0.1) is 7.11 Å². The first-order valence-corrected chi connectivity index (χ1v) is 5.55. The van der Waals surface area contributed by atoms with Gasteiger partial charge in [0.2, 0.25) is 0 Å². The van der Waals surface area contributed by atoms with Crippen LogP contribution >= 0.6 is 0 Å². The highest BCUT2D eigenvalue weighted by Gasteiger charge is 2.19. The molecule has 1 N–H and O–H groups in total. The van der Waals surface area contributed by atoms with Gasteiger partial charge in [-0.1, -0.05) is 17.7 Å². The molecular formula is C13H19NO. The molecule has 0 amide bonds. The smallest absolute Gasteiger partial charge is 0.124 e. The van der Waals surface area contributed by atoms with Crippen LogP contribution in [0.4, 0.5) is 0 Å². The molecule has 0 aliphatic carbocycles. The van der Waals surface area contributed by atoms with Crippen LogP contribution in [0, 0.1) is 19.8 Å². The number of methoxy groups -OCH3 is 1. The average molecular weight is 205 g/mol. The standard InChI is InChI=1S/C13H19NO/c1-9-4-10(2)13(15-3)12(5-9)6-11-7-14-8-11/h4-5,11,14H,6-8H2,1-3H3. The van der Waals surface area contributed by atoms with E-state index in [1.807, 2.05) is 0 Å². The van der Waals surface area contributed by atoms with Crippen molar-refractivity contribution in [3.05, 3.63) is 28.8 Å². The number of rotatable bonds is 3. The van der Waals surface area contributed by atoms with Crippen LogP contribution in [-0.4, -0.2) is 20.2 Å². The van der Waals surface area contributed by atoms with Gasteiger partial charge in [-0.05, 0) is 50.4 Å². The predicted molar refractivity (Wildman–Crippen MR) is 62.5 cm³/mol. The summed E-state index contributed by atoms with van der Waals surface area (Å²) >= 11 is 0. The normalized spacial score (nSPS) is 16.2. The fourth-order valence-electron chi connectivity index (χ4n) is 2.29. The molecule has 0 unspecified atom stereocenters. The predicted octanol–water partition coefficient (Wildman–Crippen LogP) is 2.07. The third kappa shape index (κ3) is 2.15. The minimum Gasteiger partial charge on any atom is -0.496 e. The Morgan fingerprint density at radius 2 is 2.07 bits per heavy atom. The Labute approximate surface area is 91.6 Å². The lowest BCUT2D eigenvalue weighted by Gasteiger charge is -2.28. The molecule has 1 heterocycles. The third-order valence-corrected chi connectivity index (χ3v) is 3.07. The molecular weight excluding hydrogens is 186 g/mol. The summed E-state index contributed by atoms with van der Waals surface area (Å²) in [6.07, 6.45) is 1.14. The second-order valence-corrected chi connectivity index (χ2v) is 4.50. The van der Waals surface area contributed by atoms with Crippen LogP contribution in [0.25, 0.3) is 0 Å². The highest BCUT2D eigenvalue weighted by Crippen LogP contribution is 2.28. The van der Waals surface area contributed by atoms with Gasteiger partial charge in [0, 0.05) is 0 Å². The van der Waals surface area contributed by atoms with E-state index in [-0.39, 0.29) is 0 Å². The molecule has 15 heavy (non-hydrogen) atoms. The van der Waals surface area contributed by atoms with E-state index in [1.54, 1.807) is 7.11 Å². The summed E-state index contributed by atoms with van der Waals surface area (Å²) in [5, 5.41) is 3.31. The SMILES string of the molecule is COc1c(C)cc(C)cc1CC1CNC1.